The topological polar surface area (TPSA) is 34.2 Å². The molecule has 0 heterocycles. The minimum Gasteiger partial charge on any atom is -0.314 e. The zero-order valence-corrected chi connectivity index (χ0v) is 14.8. The summed E-state index contributed by atoms with van der Waals surface area (Å²) in [4.78, 5) is 0. The van der Waals surface area contributed by atoms with E-state index in [4.69, 9.17) is 13.8 Å². The van der Waals surface area contributed by atoms with Crippen molar-refractivity contribution in [3.63, 3.8) is 0 Å². The first-order valence-corrected chi connectivity index (χ1v) is 8.07. The highest BCUT2D eigenvalue weighted by Crippen LogP contribution is 2.42. The van der Waals surface area contributed by atoms with Gasteiger partial charge in [0, 0.05) is 31.3 Å². The molecule has 0 bridgehead atoms. The van der Waals surface area contributed by atoms with Gasteiger partial charge in [0.1, 0.15) is 0 Å². The Kier molecular flexibility index (Phi) is 9.33. The van der Waals surface area contributed by atoms with Crippen LogP contribution in [0.5, 0.6) is 0 Å². The molecule has 5 nitrogen and oxygen atoms in total. The Labute approximate surface area is 120 Å². The van der Waals surface area contributed by atoms with E-state index in [0.717, 1.165) is 0 Å². The van der Waals surface area contributed by atoms with Gasteiger partial charge in [-0.3, -0.25) is 0 Å². The van der Waals surface area contributed by atoms with Crippen LogP contribution in [-0.4, -0.2) is 41.4 Å². The first-order chi connectivity index (χ1) is 8.70. The number of nitrogens with zero attached hydrogens (tertiary/aromatic N) is 2. The van der Waals surface area contributed by atoms with Gasteiger partial charge in [0.25, 0.3) is 0 Å². The number of hydroxylamine groups is 4. The van der Waals surface area contributed by atoms with E-state index in [2.05, 4.69) is 55.4 Å². The van der Waals surface area contributed by atoms with Crippen LogP contribution in [0.4, 0.5) is 0 Å². The molecule has 6 heteroatoms. The van der Waals surface area contributed by atoms with E-state index in [9.17, 15) is 0 Å². The molecule has 0 aromatic carbocycles. The van der Waals surface area contributed by atoms with Crippen LogP contribution in [0, 0.1) is 0 Å². The lowest BCUT2D eigenvalue weighted by atomic mass is 10.3. The molecule has 0 aromatic heterocycles. The fourth-order valence-corrected chi connectivity index (χ4v) is 3.03. The molecule has 0 atom stereocenters. The van der Waals surface area contributed by atoms with Crippen LogP contribution in [0.1, 0.15) is 55.4 Å². The Bertz CT molecular complexity index is 200. The lowest BCUT2D eigenvalue weighted by Gasteiger charge is -2.35. The molecule has 0 spiro atoms. The summed E-state index contributed by atoms with van der Waals surface area (Å²) in [5, 5.41) is 3.82. The molecule has 0 aliphatic heterocycles. The minimum absolute atomic E-state index is 0.273. The molecule has 0 unspecified atom stereocenters. The van der Waals surface area contributed by atoms with Crippen LogP contribution >= 0.6 is 8.60 Å². The first-order valence-electron chi connectivity index (χ1n) is 6.97. The Hall–Kier alpha value is 0.230. The molecule has 0 aromatic rings. The molecule has 19 heavy (non-hydrogen) atoms. The van der Waals surface area contributed by atoms with E-state index in [1.54, 1.807) is 7.11 Å². The molecule has 0 aliphatic carbocycles. The van der Waals surface area contributed by atoms with Gasteiger partial charge < -0.3 is 4.52 Å². The highest BCUT2D eigenvalue weighted by molar-refractivity contribution is 7.41. The summed E-state index contributed by atoms with van der Waals surface area (Å²) >= 11 is 0. The average Bonchev–Trinajstić information content (AvgIpc) is 2.27. The van der Waals surface area contributed by atoms with Crippen molar-refractivity contribution in [2.75, 3.05) is 7.11 Å². The van der Waals surface area contributed by atoms with Gasteiger partial charge in [0.2, 0.25) is 0 Å². The second kappa shape index (κ2) is 9.22. The number of hydrogen-bond acceptors (Lipinski definition) is 5. The van der Waals surface area contributed by atoms with Crippen molar-refractivity contribution >= 4 is 8.60 Å². The van der Waals surface area contributed by atoms with Crippen LogP contribution in [0.3, 0.4) is 0 Å². The standard InChI is InChI=1S/C13H31N2O3P/c1-10(2)14(11(3)4)17-19(16-9)18-15(12(5)6)13(7)8/h10-13H,1-9H3. The van der Waals surface area contributed by atoms with Crippen molar-refractivity contribution < 1.29 is 13.8 Å². The molecule has 116 valence electrons. The van der Waals surface area contributed by atoms with Crippen molar-refractivity contribution in [1.29, 1.82) is 0 Å². The molecule has 0 amide bonds. The Morgan fingerprint density at radius 2 is 0.895 bits per heavy atom. The maximum Gasteiger partial charge on any atom is 0.369 e. The quantitative estimate of drug-likeness (QED) is 0.475. The lowest BCUT2D eigenvalue weighted by molar-refractivity contribution is -0.171. The molecule has 0 rings (SSSR count). The maximum absolute atomic E-state index is 5.87. The number of hydrogen-bond donors (Lipinski definition) is 0. The van der Waals surface area contributed by atoms with Gasteiger partial charge in [-0.2, -0.15) is 10.1 Å². The van der Waals surface area contributed by atoms with E-state index in [1.165, 1.54) is 0 Å². The van der Waals surface area contributed by atoms with Gasteiger partial charge in [-0.1, -0.05) is 0 Å². The Morgan fingerprint density at radius 3 is 1.05 bits per heavy atom. The van der Waals surface area contributed by atoms with E-state index >= 15 is 0 Å². The fourth-order valence-electron chi connectivity index (χ4n) is 1.81. The Balaban J connectivity index is 4.64. The van der Waals surface area contributed by atoms with E-state index < -0.39 is 8.60 Å². The summed E-state index contributed by atoms with van der Waals surface area (Å²) in [7, 11) is 0.199. The van der Waals surface area contributed by atoms with Crippen LogP contribution in [-0.2, 0) is 13.8 Å². The molecule has 0 saturated carbocycles. The van der Waals surface area contributed by atoms with Gasteiger partial charge in [-0.05, 0) is 55.4 Å². The molecule has 0 N–H and O–H groups in total. The van der Waals surface area contributed by atoms with Gasteiger partial charge >= 0.3 is 8.60 Å². The van der Waals surface area contributed by atoms with Crippen molar-refractivity contribution in [2.24, 2.45) is 0 Å². The van der Waals surface area contributed by atoms with Crippen LogP contribution in [0.15, 0.2) is 0 Å². The number of rotatable bonds is 9. The highest BCUT2D eigenvalue weighted by atomic mass is 31.2. The Morgan fingerprint density at radius 1 is 0.632 bits per heavy atom. The summed E-state index contributed by atoms with van der Waals surface area (Å²) in [6, 6.07) is 1.09. The summed E-state index contributed by atoms with van der Waals surface area (Å²) in [6.45, 7) is 16.7. The van der Waals surface area contributed by atoms with Crippen LogP contribution in [0.2, 0.25) is 0 Å². The largest absolute Gasteiger partial charge is 0.369 e. The molecule has 0 aliphatic rings. The third kappa shape index (κ3) is 6.98. The fraction of sp³-hybridized carbons (Fsp3) is 1.00. The van der Waals surface area contributed by atoms with Gasteiger partial charge in [0.15, 0.2) is 0 Å². The van der Waals surface area contributed by atoms with Crippen molar-refractivity contribution in [3.8, 4) is 0 Å². The zero-order chi connectivity index (χ0) is 15.2. The van der Waals surface area contributed by atoms with Crippen LogP contribution < -0.4 is 0 Å². The van der Waals surface area contributed by atoms with Gasteiger partial charge in [-0.15, -0.1) is 0 Å². The third-order valence-electron chi connectivity index (χ3n) is 2.51. The lowest BCUT2D eigenvalue weighted by Crippen LogP contribution is -2.39. The van der Waals surface area contributed by atoms with Crippen molar-refractivity contribution in [1.82, 2.24) is 10.1 Å². The van der Waals surface area contributed by atoms with E-state index in [1.807, 2.05) is 10.1 Å². The highest BCUT2D eigenvalue weighted by Gasteiger charge is 2.26. The second-order valence-electron chi connectivity index (χ2n) is 5.66. The monoisotopic (exact) mass is 294 g/mol. The summed E-state index contributed by atoms with van der Waals surface area (Å²) in [6.07, 6.45) is 0. The predicted octanol–water partition coefficient (Wildman–Crippen LogP) is 3.96. The summed E-state index contributed by atoms with van der Waals surface area (Å²) in [5.74, 6) is 0. The van der Waals surface area contributed by atoms with Crippen molar-refractivity contribution in [2.45, 2.75) is 79.6 Å². The molecule has 0 radical (unpaired) electrons. The first kappa shape index (κ1) is 19.2. The third-order valence-corrected chi connectivity index (χ3v) is 3.45. The second-order valence-corrected chi connectivity index (χ2v) is 6.80. The SMILES string of the molecule is COP(ON(C(C)C)C(C)C)ON(C(C)C)C(C)C. The summed E-state index contributed by atoms with van der Waals surface area (Å²) in [5.41, 5.74) is 0. The molecular formula is C13H31N2O3P. The summed E-state index contributed by atoms with van der Waals surface area (Å²) < 4.78 is 17.1. The minimum atomic E-state index is -1.42. The molecule has 0 saturated heterocycles. The smallest absolute Gasteiger partial charge is 0.314 e. The normalized spacial score (nSPS) is 13.3. The van der Waals surface area contributed by atoms with Gasteiger partial charge in [0.05, 0.1) is 0 Å². The van der Waals surface area contributed by atoms with E-state index in [-0.39, 0.29) is 24.2 Å². The van der Waals surface area contributed by atoms with E-state index in [0.29, 0.717) is 0 Å². The average molecular weight is 294 g/mol. The molecular weight excluding hydrogens is 263 g/mol. The zero-order valence-electron chi connectivity index (χ0n) is 13.9. The van der Waals surface area contributed by atoms with Crippen molar-refractivity contribution in [3.05, 3.63) is 0 Å². The van der Waals surface area contributed by atoms with Crippen LogP contribution in [0.25, 0.3) is 0 Å². The molecule has 0 fully saturated rings. The predicted molar refractivity (Wildman–Crippen MR) is 80.3 cm³/mol. The van der Waals surface area contributed by atoms with Gasteiger partial charge in [-0.25, -0.2) is 9.25 Å². The maximum atomic E-state index is 5.87.